The Morgan fingerprint density at radius 2 is 2.00 bits per heavy atom. The first-order chi connectivity index (χ1) is 16.5. The monoisotopic (exact) mass is 456 g/mol. The highest BCUT2D eigenvalue weighted by Crippen LogP contribution is 2.38. The summed E-state index contributed by atoms with van der Waals surface area (Å²) in [5, 5.41) is 11.4. The normalized spacial score (nSPS) is 16.9. The number of nitrogen functional groups attached to an aromatic ring is 1. The highest BCUT2D eigenvalue weighted by molar-refractivity contribution is 6.00. The molecule has 3 heterocycles. The van der Waals surface area contributed by atoms with Gasteiger partial charge in [0.2, 0.25) is 5.95 Å². The number of carbonyl (C=O) groups excluding carboxylic acids is 1. The van der Waals surface area contributed by atoms with Crippen molar-refractivity contribution in [3.8, 4) is 23.1 Å². The average molecular weight is 456 g/mol. The van der Waals surface area contributed by atoms with E-state index in [-0.39, 0.29) is 23.8 Å². The van der Waals surface area contributed by atoms with Crippen LogP contribution in [0.1, 0.15) is 25.8 Å². The summed E-state index contributed by atoms with van der Waals surface area (Å²) in [6.07, 6.45) is 6.41. The maximum absolute atomic E-state index is 13.4. The van der Waals surface area contributed by atoms with Gasteiger partial charge in [-0.05, 0) is 50.0 Å². The van der Waals surface area contributed by atoms with Gasteiger partial charge in [0.15, 0.2) is 0 Å². The number of nitrogens with one attached hydrogen (secondary N) is 2. The van der Waals surface area contributed by atoms with Crippen molar-refractivity contribution in [2.75, 3.05) is 11.1 Å². The second kappa shape index (κ2) is 8.78. The summed E-state index contributed by atoms with van der Waals surface area (Å²) in [5.74, 6) is 5.18. The number of halogens is 1. The quantitative estimate of drug-likeness (QED) is 0.394. The second-order valence-corrected chi connectivity index (χ2v) is 7.98. The molecule has 1 saturated carbocycles. The summed E-state index contributed by atoms with van der Waals surface area (Å²) in [7, 11) is 0. The molecule has 1 aliphatic carbocycles. The van der Waals surface area contributed by atoms with Gasteiger partial charge in [0.1, 0.15) is 17.3 Å². The Morgan fingerprint density at radius 1 is 1.21 bits per heavy atom. The van der Waals surface area contributed by atoms with E-state index < -0.39 is 0 Å². The number of rotatable bonds is 5. The fourth-order valence-electron chi connectivity index (χ4n) is 4.04. The maximum atomic E-state index is 13.4. The summed E-state index contributed by atoms with van der Waals surface area (Å²) in [6, 6.07) is 8.09. The molecule has 0 unspecified atom stereocenters. The molecule has 0 aliphatic heterocycles. The molecule has 1 fully saturated rings. The molecular formula is C24H21FN8O. The lowest BCUT2D eigenvalue weighted by Gasteiger charge is -2.35. The van der Waals surface area contributed by atoms with Crippen LogP contribution in [0.25, 0.3) is 22.2 Å². The van der Waals surface area contributed by atoms with Gasteiger partial charge in [0.05, 0.1) is 16.9 Å². The van der Waals surface area contributed by atoms with E-state index in [0.717, 1.165) is 23.7 Å². The van der Waals surface area contributed by atoms with Crippen LogP contribution in [0.15, 0.2) is 48.9 Å². The van der Waals surface area contributed by atoms with Crippen molar-refractivity contribution < 1.29 is 9.18 Å². The van der Waals surface area contributed by atoms with Gasteiger partial charge in [-0.1, -0.05) is 12.0 Å². The summed E-state index contributed by atoms with van der Waals surface area (Å²) in [5.41, 5.74) is 8.92. The van der Waals surface area contributed by atoms with Gasteiger partial charge in [-0.15, -0.1) is 0 Å². The minimum Gasteiger partial charge on any atom is -0.383 e. The summed E-state index contributed by atoms with van der Waals surface area (Å²) in [4.78, 5) is 24.7. The zero-order chi connectivity index (χ0) is 23.7. The van der Waals surface area contributed by atoms with Crippen LogP contribution in [0.2, 0.25) is 0 Å². The number of benzene rings is 1. The number of fused-ring (bicyclic) bond motifs is 1. The Balaban J connectivity index is 1.41. The van der Waals surface area contributed by atoms with Gasteiger partial charge in [-0.2, -0.15) is 5.10 Å². The van der Waals surface area contributed by atoms with Crippen molar-refractivity contribution in [3.63, 3.8) is 0 Å². The molecule has 34 heavy (non-hydrogen) atoms. The van der Waals surface area contributed by atoms with Crippen LogP contribution in [0.5, 0.6) is 0 Å². The molecule has 10 heteroatoms. The smallest absolute Gasteiger partial charge is 0.296 e. The van der Waals surface area contributed by atoms with E-state index in [4.69, 9.17) is 10.8 Å². The molecule has 0 saturated heterocycles. The Kier molecular flexibility index (Phi) is 5.51. The summed E-state index contributed by atoms with van der Waals surface area (Å²) in [6.45, 7) is 1.63. The first-order valence-electron chi connectivity index (χ1n) is 10.7. The van der Waals surface area contributed by atoms with Crippen LogP contribution in [0, 0.1) is 17.7 Å². The number of nitrogens with two attached hydrogens (primary N) is 1. The van der Waals surface area contributed by atoms with Crippen LogP contribution < -0.4 is 16.4 Å². The fraction of sp³-hybridized carbons (Fsp3) is 0.208. The lowest BCUT2D eigenvalue weighted by Crippen LogP contribution is -2.44. The van der Waals surface area contributed by atoms with Crippen LogP contribution in [-0.4, -0.2) is 36.7 Å². The van der Waals surface area contributed by atoms with Crippen molar-refractivity contribution in [1.29, 1.82) is 0 Å². The predicted molar refractivity (Wildman–Crippen MR) is 126 cm³/mol. The molecule has 4 N–H and O–H groups in total. The van der Waals surface area contributed by atoms with E-state index in [0.29, 0.717) is 28.7 Å². The van der Waals surface area contributed by atoms with E-state index in [1.165, 1.54) is 12.1 Å². The first kappa shape index (κ1) is 21.3. The van der Waals surface area contributed by atoms with E-state index >= 15 is 0 Å². The number of hydrogen-bond donors (Lipinski definition) is 3. The van der Waals surface area contributed by atoms with Crippen LogP contribution in [0.3, 0.4) is 0 Å². The Hall–Kier alpha value is -4.52. The SMILES string of the molecule is CC#CC(=O)NC1CC(n2nc(-c3cnc(Nc4cccc(F)c4)nc3)c3c(N)nccc32)C1. The average Bonchev–Trinajstić information content (AvgIpc) is 3.17. The van der Waals surface area contributed by atoms with Gasteiger partial charge in [-0.25, -0.2) is 19.3 Å². The molecule has 5 rings (SSSR count). The topological polar surface area (TPSA) is 124 Å². The van der Waals surface area contributed by atoms with Gasteiger partial charge in [0, 0.05) is 35.9 Å². The minimum atomic E-state index is -0.349. The molecule has 0 bridgehead atoms. The highest BCUT2D eigenvalue weighted by Gasteiger charge is 2.34. The molecule has 1 amide bonds. The van der Waals surface area contributed by atoms with E-state index in [2.05, 4.69) is 37.4 Å². The third-order valence-electron chi connectivity index (χ3n) is 5.69. The van der Waals surface area contributed by atoms with E-state index in [9.17, 15) is 9.18 Å². The van der Waals surface area contributed by atoms with Crippen LogP contribution in [0.4, 0.5) is 21.8 Å². The minimum absolute atomic E-state index is 0.0525. The van der Waals surface area contributed by atoms with E-state index in [1.807, 2.05) is 10.7 Å². The van der Waals surface area contributed by atoms with Crippen LogP contribution >= 0.6 is 0 Å². The number of aromatic nitrogens is 5. The second-order valence-electron chi connectivity index (χ2n) is 7.98. The zero-order valence-electron chi connectivity index (χ0n) is 18.3. The van der Waals surface area contributed by atoms with Gasteiger partial charge < -0.3 is 16.4 Å². The van der Waals surface area contributed by atoms with Crippen molar-refractivity contribution in [1.82, 2.24) is 30.0 Å². The Bertz CT molecular complexity index is 1430. The largest absolute Gasteiger partial charge is 0.383 e. The number of carbonyl (C=O) groups is 1. The maximum Gasteiger partial charge on any atom is 0.296 e. The molecule has 9 nitrogen and oxygen atoms in total. The molecule has 1 aliphatic rings. The van der Waals surface area contributed by atoms with Crippen molar-refractivity contribution in [2.24, 2.45) is 0 Å². The van der Waals surface area contributed by atoms with Crippen molar-refractivity contribution in [2.45, 2.75) is 31.8 Å². The Morgan fingerprint density at radius 3 is 2.74 bits per heavy atom. The molecule has 170 valence electrons. The molecular weight excluding hydrogens is 435 g/mol. The highest BCUT2D eigenvalue weighted by atomic mass is 19.1. The van der Waals surface area contributed by atoms with Crippen molar-refractivity contribution in [3.05, 3.63) is 54.7 Å². The number of anilines is 3. The van der Waals surface area contributed by atoms with Crippen LogP contribution in [-0.2, 0) is 4.79 Å². The molecule has 0 atom stereocenters. The van der Waals surface area contributed by atoms with Gasteiger partial charge in [0.25, 0.3) is 5.91 Å². The number of amides is 1. The number of nitrogens with zero attached hydrogens (tertiary/aromatic N) is 5. The summed E-state index contributed by atoms with van der Waals surface area (Å²) < 4.78 is 15.4. The predicted octanol–water partition coefficient (Wildman–Crippen LogP) is 3.20. The fourth-order valence-corrected chi connectivity index (χ4v) is 4.04. The molecule has 0 radical (unpaired) electrons. The number of pyridine rings is 1. The third kappa shape index (κ3) is 4.11. The van der Waals surface area contributed by atoms with E-state index in [1.54, 1.807) is 37.6 Å². The van der Waals surface area contributed by atoms with Gasteiger partial charge >= 0.3 is 0 Å². The molecule has 1 aromatic carbocycles. The summed E-state index contributed by atoms with van der Waals surface area (Å²) >= 11 is 0. The standard InChI is InChI=1S/C24H21FN8O/c1-2-4-20(34)30-17-10-18(11-17)33-19-7-8-27-23(26)21(19)22(32-33)14-12-28-24(29-13-14)31-16-6-3-5-15(25)9-16/h3,5-9,12-13,17-18H,10-11H2,1H3,(H2,26,27)(H,30,34)(H,28,29,31). The van der Waals surface area contributed by atoms with Crippen molar-refractivity contribution >= 4 is 34.3 Å². The zero-order valence-corrected chi connectivity index (χ0v) is 18.3. The van der Waals surface area contributed by atoms with Gasteiger partial charge in [-0.3, -0.25) is 9.48 Å². The molecule has 3 aromatic heterocycles. The Labute approximate surface area is 194 Å². The lowest BCUT2D eigenvalue weighted by atomic mass is 9.86. The molecule has 4 aromatic rings. The first-order valence-corrected chi connectivity index (χ1v) is 10.7. The number of hydrogen-bond acceptors (Lipinski definition) is 7. The lowest BCUT2D eigenvalue weighted by molar-refractivity contribution is -0.117. The third-order valence-corrected chi connectivity index (χ3v) is 5.69. The molecule has 0 spiro atoms.